The number of likely N-dealkylation sites (tertiary alicyclic amines) is 1. The van der Waals surface area contributed by atoms with Gasteiger partial charge >= 0.3 is 12.0 Å². The number of rotatable bonds is 7. The lowest BCUT2D eigenvalue weighted by Gasteiger charge is -2.31. The molecule has 3 amide bonds. The molecule has 3 aromatic carbocycles. The summed E-state index contributed by atoms with van der Waals surface area (Å²) in [5, 5.41) is 5.75. The summed E-state index contributed by atoms with van der Waals surface area (Å²) in [6, 6.07) is 25.4. The fourth-order valence-electron chi connectivity index (χ4n) is 4.94. The first-order chi connectivity index (χ1) is 17.6. The number of para-hydroxylation sites is 1. The van der Waals surface area contributed by atoms with Gasteiger partial charge in [0, 0.05) is 18.2 Å². The molecule has 1 aliphatic heterocycles. The van der Waals surface area contributed by atoms with E-state index in [4.69, 9.17) is 4.74 Å². The Labute approximate surface area is 210 Å². The van der Waals surface area contributed by atoms with Crippen LogP contribution in [-0.2, 0) is 14.3 Å². The zero-order chi connectivity index (χ0) is 25.5. The largest absolute Gasteiger partial charge is 0.469 e. The predicted octanol–water partition coefficient (Wildman–Crippen LogP) is 4.52. The Bertz CT molecular complexity index is 1200. The molecule has 0 aromatic heterocycles. The number of hydrogen-bond acceptors (Lipinski definition) is 4. The maximum Gasteiger partial charge on any atom is 0.323 e. The first-order valence-electron chi connectivity index (χ1n) is 11.8. The summed E-state index contributed by atoms with van der Waals surface area (Å²) >= 11 is 0. The highest BCUT2D eigenvalue weighted by Crippen LogP contribution is 2.50. The van der Waals surface area contributed by atoms with Crippen LogP contribution in [0.1, 0.15) is 23.1 Å². The summed E-state index contributed by atoms with van der Waals surface area (Å²) in [5.74, 6) is -2.33. The maximum absolute atomic E-state index is 13.9. The Morgan fingerprint density at radius 1 is 0.889 bits per heavy atom. The van der Waals surface area contributed by atoms with E-state index in [2.05, 4.69) is 17.2 Å². The van der Waals surface area contributed by atoms with Crippen LogP contribution in [0.25, 0.3) is 0 Å². The van der Waals surface area contributed by atoms with Gasteiger partial charge < -0.3 is 20.3 Å². The zero-order valence-corrected chi connectivity index (χ0v) is 20.0. The first kappa shape index (κ1) is 24.7. The average Bonchev–Trinajstić information content (AvgIpc) is 3.29. The smallest absolute Gasteiger partial charge is 0.323 e. The number of nitrogens with one attached hydrogen (secondary N) is 2. The standard InChI is InChI=1S/C29H29N3O4/c1-3-19-30-27(33)26-23(20-13-7-4-8-14-20)24(28(34)36-2)25(21-15-9-5-10-16-21)32(26)29(35)31-22-17-11-6-12-18-22/h3-18,23-26H,1,19H2,2H3,(H,30,33)(H,31,35). The second-order valence-corrected chi connectivity index (χ2v) is 8.52. The number of urea groups is 1. The molecule has 0 spiro atoms. The van der Waals surface area contributed by atoms with Crippen molar-refractivity contribution in [3.63, 3.8) is 0 Å². The van der Waals surface area contributed by atoms with Gasteiger partial charge in [0.05, 0.1) is 19.1 Å². The van der Waals surface area contributed by atoms with Crippen molar-refractivity contribution < 1.29 is 19.1 Å². The second-order valence-electron chi connectivity index (χ2n) is 8.52. The van der Waals surface area contributed by atoms with Crippen LogP contribution in [0.5, 0.6) is 0 Å². The molecule has 1 heterocycles. The molecule has 2 N–H and O–H groups in total. The van der Waals surface area contributed by atoms with Gasteiger partial charge in [-0.15, -0.1) is 6.58 Å². The van der Waals surface area contributed by atoms with Gasteiger partial charge in [-0.2, -0.15) is 0 Å². The van der Waals surface area contributed by atoms with Crippen LogP contribution in [0.2, 0.25) is 0 Å². The van der Waals surface area contributed by atoms with Crippen LogP contribution in [0, 0.1) is 5.92 Å². The van der Waals surface area contributed by atoms with Gasteiger partial charge in [0.2, 0.25) is 5.91 Å². The number of ether oxygens (including phenoxy) is 1. The van der Waals surface area contributed by atoms with E-state index in [-0.39, 0.29) is 12.5 Å². The molecule has 4 unspecified atom stereocenters. The van der Waals surface area contributed by atoms with Crippen LogP contribution in [-0.4, -0.2) is 42.5 Å². The number of anilines is 1. The van der Waals surface area contributed by atoms with Crippen molar-refractivity contribution in [1.29, 1.82) is 0 Å². The normalized spacial score (nSPS) is 20.9. The monoisotopic (exact) mass is 483 g/mol. The van der Waals surface area contributed by atoms with Crippen LogP contribution >= 0.6 is 0 Å². The van der Waals surface area contributed by atoms with Gasteiger partial charge in [-0.3, -0.25) is 9.59 Å². The predicted molar refractivity (Wildman–Crippen MR) is 138 cm³/mol. The SMILES string of the molecule is C=CCNC(=O)C1C(c2ccccc2)C(C(=O)OC)C(c2ccccc2)N1C(=O)Nc1ccccc1. The number of hydrogen-bond donors (Lipinski definition) is 2. The van der Waals surface area contributed by atoms with Crippen LogP contribution in [0.3, 0.4) is 0 Å². The molecule has 0 radical (unpaired) electrons. The van der Waals surface area contributed by atoms with Crippen molar-refractivity contribution in [2.45, 2.75) is 18.0 Å². The molecule has 7 heteroatoms. The number of carbonyl (C=O) groups is 3. The third-order valence-corrected chi connectivity index (χ3v) is 6.41. The Morgan fingerprint density at radius 2 is 1.44 bits per heavy atom. The third-order valence-electron chi connectivity index (χ3n) is 6.41. The van der Waals surface area contributed by atoms with Gasteiger partial charge in [0.25, 0.3) is 0 Å². The highest BCUT2D eigenvalue weighted by molar-refractivity contribution is 5.97. The van der Waals surface area contributed by atoms with E-state index in [0.717, 1.165) is 11.1 Å². The van der Waals surface area contributed by atoms with Gasteiger partial charge in [-0.1, -0.05) is 84.9 Å². The minimum Gasteiger partial charge on any atom is -0.469 e. The van der Waals surface area contributed by atoms with Gasteiger partial charge in [0.15, 0.2) is 0 Å². The molecule has 184 valence electrons. The Hall–Kier alpha value is -4.39. The van der Waals surface area contributed by atoms with Crippen molar-refractivity contribution in [3.8, 4) is 0 Å². The molecule has 36 heavy (non-hydrogen) atoms. The molecular formula is C29H29N3O4. The van der Waals surface area contributed by atoms with Crippen LogP contribution in [0.4, 0.5) is 10.5 Å². The molecule has 4 rings (SSSR count). The zero-order valence-electron chi connectivity index (χ0n) is 20.0. The summed E-state index contributed by atoms with van der Waals surface area (Å²) in [4.78, 5) is 42.4. The molecule has 1 aliphatic rings. The number of esters is 1. The number of amides is 3. The fourth-order valence-corrected chi connectivity index (χ4v) is 4.94. The Morgan fingerprint density at radius 3 is 2.00 bits per heavy atom. The van der Waals surface area contributed by atoms with Crippen molar-refractivity contribution in [2.24, 2.45) is 5.92 Å². The molecule has 4 atom stereocenters. The topological polar surface area (TPSA) is 87.7 Å². The van der Waals surface area contributed by atoms with Crippen molar-refractivity contribution in [1.82, 2.24) is 10.2 Å². The lowest BCUT2D eigenvalue weighted by molar-refractivity contribution is -0.146. The van der Waals surface area contributed by atoms with Gasteiger partial charge in [-0.25, -0.2) is 4.79 Å². The van der Waals surface area contributed by atoms with Crippen molar-refractivity contribution in [2.75, 3.05) is 19.0 Å². The van der Waals surface area contributed by atoms with Crippen molar-refractivity contribution in [3.05, 3.63) is 115 Å². The van der Waals surface area contributed by atoms with Crippen LogP contribution in [0.15, 0.2) is 104 Å². The quantitative estimate of drug-likeness (QED) is 0.382. The van der Waals surface area contributed by atoms with E-state index in [1.807, 2.05) is 78.9 Å². The summed E-state index contributed by atoms with van der Waals surface area (Å²) in [7, 11) is 1.33. The minimum absolute atomic E-state index is 0.226. The third kappa shape index (κ3) is 5.00. The number of nitrogens with zero attached hydrogens (tertiary/aromatic N) is 1. The van der Waals surface area contributed by atoms with Gasteiger partial charge in [0.1, 0.15) is 6.04 Å². The maximum atomic E-state index is 13.9. The van der Waals surface area contributed by atoms with E-state index < -0.39 is 35.9 Å². The van der Waals surface area contributed by atoms with E-state index >= 15 is 0 Å². The summed E-state index contributed by atoms with van der Waals surface area (Å²) < 4.78 is 5.25. The van der Waals surface area contributed by atoms with Crippen LogP contribution < -0.4 is 10.6 Å². The highest BCUT2D eigenvalue weighted by Gasteiger charge is 2.58. The van der Waals surface area contributed by atoms with E-state index in [0.29, 0.717) is 5.69 Å². The molecule has 1 fully saturated rings. The lowest BCUT2D eigenvalue weighted by atomic mass is 9.80. The minimum atomic E-state index is -0.981. The number of methoxy groups -OCH3 is 1. The average molecular weight is 484 g/mol. The molecule has 7 nitrogen and oxygen atoms in total. The lowest BCUT2D eigenvalue weighted by Crippen LogP contribution is -2.50. The van der Waals surface area contributed by atoms with E-state index in [9.17, 15) is 14.4 Å². The van der Waals surface area contributed by atoms with Crippen molar-refractivity contribution >= 4 is 23.6 Å². The molecule has 0 saturated carbocycles. The Kier molecular flexibility index (Phi) is 7.80. The van der Waals surface area contributed by atoms with E-state index in [1.165, 1.54) is 12.0 Å². The molecular weight excluding hydrogens is 454 g/mol. The summed E-state index contributed by atoms with van der Waals surface area (Å²) in [5.41, 5.74) is 2.08. The second kappa shape index (κ2) is 11.4. The first-order valence-corrected chi connectivity index (χ1v) is 11.8. The molecule has 0 aliphatic carbocycles. The Balaban J connectivity index is 1.90. The van der Waals surface area contributed by atoms with E-state index in [1.54, 1.807) is 18.2 Å². The number of carbonyl (C=O) groups excluding carboxylic acids is 3. The summed E-state index contributed by atoms with van der Waals surface area (Å²) in [6.07, 6.45) is 1.57. The summed E-state index contributed by atoms with van der Waals surface area (Å²) in [6.45, 7) is 3.91. The number of benzene rings is 3. The fraction of sp³-hybridized carbons (Fsp3) is 0.207. The molecule has 3 aromatic rings. The van der Waals surface area contributed by atoms with Gasteiger partial charge in [-0.05, 0) is 23.3 Å². The molecule has 1 saturated heterocycles. The highest BCUT2D eigenvalue weighted by atomic mass is 16.5. The molecule has 0 bridgehead atoms.